The standard InChI is InChI=1S/C16H18.C2H7ClOSi/c1-16(2,3)15-12-8-7-11-14(15)13-9-5-4-6-10-13;3-1-2-4-5/h4-12H,1-3H3;1-2H2,5H3. The van der Waals surface area contributed by atoms with Crippen LogP contribution in [0.25, 0.3) is 11.1 Å². The van der Waals surface area contributed by atoms with Crippen molar-refractivity contribution in [1.29, 1.82) is 0 Å². The topological polar surface area (TPSA) is 9.23 Å². The first-order valence-corrected chi connectivity index (χ1v) is 8.55. The minimum atomic E-state index is 0.187. The van der Waals surface area contributed by atoms with Crippen LogP contribution in [0.3, 0.4) is 0 Å². The molecule has 0 unspecified atom stereocenters. The van der Waals surface area contributed by atoms with Gasteiger partial charge in [0.25, 0.3) is 0 Å². The molecule has 2 aromatic carbocycles. The van der Waals surface area contributed by atoms with Gasteiger partial charge < -0.3 is 4.43 Å². The Hall–Kier alpha value is -1.09. The van der Waals surface area contributed by atoms with Crippen LogP contribution >= 0.6 is 11.6 Å². The minimum Gasteiger partial charge on any atom is -0.427 e. The van der Waals surface area contributed by atoms with E-state index in [-0.39, 0.29) is 5.41 Å². The van der Waals surface area contributed by atoms with E-state index in [1.54, 1.807) is 0 Å². The Morgan fingerprint density at radius 1 is 0.952 bits per heavy atom. The molecule has 3 heteroatoms. The van der Waals surface area contributed by atoms with Crippen molar-refractivity contribution in [3.63, 3.8) is 0 Å². The zero-order valence-corrected chi connectivity index (χ0v) is 16.2. The first-order chi connectivity index (χ1) is 10.0. The molecule has 0 N–H and O–H groups in total. The van der Waals surface area contributed by atoms with Gasteiger partial charge in [-0.2, -0.15) is 0 Å². The molecule has 0 bridgehead atoms. The largest absolute Gasteiger partial charge is 0.427 e. The fourth-order valence-corrected chi connectivity index (χ4v) is 2.70. The highest BCUT2D eigenvalue weighted by Crippen LogP contribution is 2.32. The Balaban J connectivity index is 0.000000383. The Kier molecular flexibility index (Phi) is 7.72. The van der Waals surface area contributed by atoms with E-state index in [0.29, 0.717) is 12.5 Å². The lowest BCUT2D eigenvalue weighted by Gasteiger charge is -2.23. The molecule has 0 amide bonds. The minimum absolute atomic E-state index is 0.187. The highest BCUT2D eigenvalue weighted by molar-refractivity contribution is 6.18. The van der Waals surface area contributed by atoms with Crippen molar-refractivity contribution in [2.75, 3.05) is 12.5 Å². The van der Waals surface area contributed by atoms with Crippen LogP contribution in [-0.4, -0.2) is 23.0 Å². The van der Waals surface area contributed by atoms with E-state index in [1.165, 1.54) is 16.7 Å². The molecule has 0 saturated carbocycles. The molecule has 0 aromatic heterocycles. The molecule has 0 saturated heterocycles. The van der Waals surface area contributed by atoms with E-state index in [0.717, 1.165) is 10.5 Å². The van der Waals surface area contributed by atoms with Crippen molar-refractivity contribution in [1.82, 2.24) is 0 Å². The van der Waals surface area contributed by atoms with Gasteiger partial charge in [0, 0.05) is 12.5 Å². The number of benzene rings is 2. The van der Waals surface area contributed by atoms with Gasteiger partial charge in [0.15, 0.2) is 0 Å². The second-order valence-electron chi connectivity index (χ2n) is 5.84. The molecule has 1 nitrogen and oxygen atoms in total. The molecule has 21 heavy (non-hydrogen) atoms. The maximum Gasteiger partial charge on any atom is 0.146 e. The van der Waals surface area contributed by atoms with Crippen molar-refractivity contribution in [3.05, 3.63) is 60.2 Å². The summed E-state index contributed by atoms with van der Waals surface area (Å²) in [7, 11) is 0.814. The van der Waals surface area contributed by atoms with Crippen LogP contribution in [0.4, 0.5) is 0 Å². The lowest BCUT2D eigenvalue weighted by molar-refractivity contribution is 0.378. The molecule has 0 aliphatic rings. The third-order valence-corrected chi connectivity index (χ3v) is 3.66. The predicted molar refractivity (Wildman–Crippen MR) is 97.2 cm³/mol. The maximum atomic E-state index is 5.20. The van der Waals surface area contributed by atoms with Crippen molar-refractivity contribution >= 4 is 22.1 Å². The first-order valence-electron chi connectivity index (χ1n) is 7.20. The Bertz CT molecular complexity index is 518. The molecule has 0 aliphatic heterocycles. The van der Waals surface area contributed by atoms with E-state index in [1.807, 2.05) is 0 Å². The number of halogens is 1. The van der Waals surface area contributed by atoms with Gasteiger partial charge in [0.2, 0.25) is 0 Å². The second kappa shape index (κ2) is 9.03. The van der Waals surface area contributed by atoms with Crippen LogP contribution < -0.4 is 0 Å². The lowest BCUT2D eigenvalue weighted by Crippen LogP contribution is -2.12. The highest BCUT2D eigenvalue weighted by Gasteiger charge is 2.17. The molecular weight excluding hydrogens is 296 g/mol. The Morgan fingerprint density at radius 2 is 1.52 bits per heavy atom. The molecule has 114 valence electrons. The van der Waals surface area contributed by atoms with E-state index >= 15 is 0 Å². The normalized spacial score (nSPS) is 10.9. The predicted octanol–water partition coefficient (Wildman–Crippen LogP) is 4.17. The third-order valence-electron chi connectivity index (χ3n) is 3.10. The van der Waals surface area contributed by atoms with Gasteiger partial charge in [-0.25, -0.2) is 0 Å². The van der Waals surface area contributed by atoms with Crippen molar-refractivity contribution < 1.29 is 4.43 Å². The zero-order valence-electron chi connectivity index (χ0n) is 13.4. The van der Waals surface area contributed by atoms with E-state index in [4.69, 9.17) is 16.0 Å². The van der Waals surface area contributed by atoms with Crippen molar-refractivity contribution in [3.8, 4) is 11.1 Å². The van der Waals surface area contributed by atoms with Crippen LogP contribution in [-0.2, 0) is 9.84 Å². The highest BCUT2D eigenvalue weighted by atomic mass is 35.5. The summed E-state index contributed by atoms with van der Waals surface area (Å²) in [6.45, 7) is 7.49. The molecule has 0 heterocycles. The van der Waals surface area contributed by atoms with Gasteiger partial charge in [-0.1, -0.05) is 75.4 Å². The van der Waals surface area contributed by atoms with Crippen LogP contribution in [0.5, 0.6) is 0 Å². The second-order valence-corrected chi connectivity index (χ2v) is 6.80. The summed E-state index contributed by atoms with van der Waals surface area (Å²) in [5, 5.41) is 0. The summed E-state index contributed by atoms with van der Waals surface area (Å²) < 4.78 is 4.70. The summed E-state index contributed by atoms with van der Waals surface area (Å²) in [5.41, 5.74) is 4.23. The molecule has 0 atom stereocenters. The SMILES string of the molecule is CC(C)(C)c1ccccc1-c1ccccc1.[SiH3]OCCCl. The summed E-state index contributed by atoms with van der Waals surface area (Å²) in [5.74, 6) is 0.628. The molecule has 2 aromatic rings. The molecule has 0 aliphatic carbocycles. The first kappa shape index (κ1) is 18.0. The summed E-state index contributed by atoms with van der Waals surface area (Å²) in [6.07, 6.45) is 0. The number of hydrogen-bond acceptors (Lipinski definition) is 1. The number of alkyl halides is 1. The van der Waals surface area contributed by atoms with Crippen LogP contribution in [0, 0.1) is 0 Å². The zero-order chi connectivity index (χ0) is 15.7. The van der Waals surface area contributed by atoms with Gasteiger partial charge in [-0.15, -0.1) is 11.6 Å². The average Bonchev–Trinajstić information content (AvgIpc) is 2.49. The Morgan fingerprint density at radius 3 is 2.00 bits per heavy atom. The van der Waals surface area contributed by atoms with Gasteiger partial charge in [0.05, 0.1) is 0 Å². The van der Waals surface area contributed by atoms with E-state index in [9.17, 15) is 0 Å². The van der Waals surface area contributed by atoms with Crippen LogP contribution in [0.2, 0.25) is 0 Å². The number of rotatable bonds is 3. The lowest BCUT2D eigenvalue weighted by atomic mass is 9.82. The van der Waals surface area contributed by atoms with Gasteiger partial charge in [-0.3, -0.25) is 0 Å². The smallest absolute Gasteiger partial charge is 0.146 e. The van der Waals surface area contributed by atoms with Gasteiger partial charge >= 0.3 is 0 Å². The fourth-order valence-electron chi connectivity index (χ4n) is 2.08. The average molecular weight is 321 g/mol. The van der Waals surface area contributed by atoms with Gasteiger partial charge in [0.1, 0.15) is 10.5 Å². The molecule has 2 rings (SSSR count). The van der Waals surface area contributed by atoms with Crippen LogP contribution in [0.1, 0.15) is 26.3 Å². The van der Waals surface area contributed by atoms with E-state index < -0.39 is 0 Å². The number of hydrogen-bond donors (Lipinski definition) is 0. The van der Waals surface area contributed by atoms with Gasteiger partial charge in [-0.05, 0) is 22.1 Å². The summed E-state index contributed by atoms with van der Waals surface area (Å²) in [4.78, 5) is 0. The molecule has 0 spiro atoms. The molecular formula is C18H25ClOSi. The molecule has 0 fully saturated rings. The molecule has 0 radical (unpaired) electrons. The summed E-state index contributed by atoms with van der Waals surface area (Å²) >= 11 is 5.20. The van der Waals surface area contributed by atoms with Crippen molar-refractivity contribution in [2.24, 2.45) is 0 Å². The monoisotopic (exact) mass is 320 g/mol. The van der Waals surface area contributed by atoms with E-state index in [2.05, 4.69) is 75.4 Å². The van der Waals surface area contributed by atoms with Crippen molar-refractivity contribution in [2.45, 2.75) is 26.2 Å². The maximum absolute atomic E-state index is 5.20. The Labute approximate surface area is 136 Å². The fraction of sp³-hybridized carbons (Fsp3) is 0.333. The van der Waals surface area contributed by atoms with Crippen LogP contribution in [0.15, 0.2) is 54.6 Å². The quantitative estimate of drug-likeness (QED) is 0.609. The third kappa shape index (κ3) is 6.04. The summed E-state index contributed by atoms with van der Waals surface area (Å²) in [6, 6.07) is 19.2.